The Labute approximate surface area is 107 Å². The van der Waals surface area contributed by atoms with Crippen LogP contribution in [0.3, 0.4) is 0 Å². The summed E-state index contributed by atoms with van der Waals surface area (Å²) in [6.07, 6.45) is 0.0565. The monoisotopic (exact) mass is 271 g/mol. The summed E-state index contributed by atoms with van der Waals surface area (Å²) in [6, 6.07) is -0.659. The second-order valence-corrected chi connectivity index (χ2v) is 3.94. The van der Waals surface area contributed by atoms with Crippen LogP contribution in [-0.4, -0.2) is 51.9 Å². The van der Waals surface area contributed by atoms with E-state index in [0.29, 0.717) is 0 Å². The number of nitrogens with zero attached hydrogens (tertiary/aromatic N) is 4. The number of likely N-dealkylation sites (tertiary alicyclic amines) is 1. The smallest absolute Gasteiger partial charge is 0.322 e. The number of rotatable bonds is 3. The number of imide groups is 1. The number of anilines is 1. The van der Waals surface area contributed by atoms with E-state index >= 15 is 0 Å². The zero-order valence-electron chi connectivity index (χ0n) is 9.68. The van der Waals surface area contributed by atoms with E-state index in [1.165, 1.54) is 14.2 Å². The topological polar surface area (TPSA) is 97.3 Å². The molecule has 1 aromatic heterocycles. The van der Waals surface area contributed by atoms with Crippen LogP contribution in [0.5, 0.6) is 6.01 Å². The fourth-order valence-corrected chi connectivity index (χ4v) is 1.66. The summed E-state index contributed by atoms with van der Waals surface area (Å²) in [5.74, 6) is -0.506. The number of methoxy groups -OCH3 is 1. The number of hydrogen-bond acceptors (Lipinski definition) is 7. The van der Waals surface area contributed by atoms with Gasteiger partial charge in [-0.3, -0.25) is 14.5 Å². The third kappa shape index (κ3) is 2.33. The van der Waals surface area contributed by atoms with E-state index in [2.05, 4.69) is 20.3 Å². The number of likely N-dealkylation sites (N-methyl/N-ethyl adjacent to an activating group) is 1. The molecule has 9 heteroatoms. The van der Waals surface area contributed by atoms with Crippen LogP contribution in [-0.2, 0) is 9.59 Å². The number of nitrogens with one attached hydrogen (secondary N) is 1. The molecule has 2 rings (SSSR count). The van der Waals surface area contributed by atoms with Crippen molar-refractivity contribution in [3.05, 3.63) is 5.28 Å². The Bertz CT molecular complexity index is 509. The summed E-state index contributed by atoms with van der Waals surface area (Å²) >= 11 is 5.66. The van der Waals surface area contributed by atoms with Gasteiger partial charge in [0.2, 0.25) is 17.1 Å². The molecule has 0 saturated carbocycles. The second-order valence-electron chi connectivity index (χ2n) is 3.61. The van der Waals surface area contributed by atoms with Crippen molar-refractivity contribution in [1.29, 1.82) is 0 Å². The zero-order chi connectivity index (χ0) is 13.3. The van der Waals surface area contributed by atoms with Gasteiger partial charge in [-0.25, -0.2) is 0 Å². The summed E-state index contributed by atoms with van der Waals surface area (Å²) in [5.41, 5.74) is 0. The summed E-state index contributed by atoms with van der Waals surface area (Å²) in [5, 5.41) is 2.67. The largest absolute Gasteiger partial charge is 0.467 e. The molecule has 2 amide bonds. The molecule has 1 fully saturated rings. The molecule has 1 aliphatic heterocycles. The zero-order valence-corrected chi connectivity index (χ0v) is 10.4. The molecule has 0 aromatic carbocycles. The van der Waals surface area contributed by atoms with Crippen molar-refractivity contribution in [1.82, 2.24) is 19.9 Å². The van der Waals surface area contributed by atoms with Crippen molar-refractivity contribution in [3.63, 3.8) is 0 Å². The van der Waals surface area contributed by atoms with Crippen LogP contribution in [0.25, 0.3) is 0 Å². The Hall–Kier alpha value is -1.96. The highest BCUT2D eigenvalue weighted by Crippen LogP contribution is 2.17. The highest BCUT2D eigenvalue weighted by Gasteiger charge is 2.36. The van der Waals surface area contributed by atoms with Crippen LogP contribution in [0, 0.1) is 0 Å². The molecule has 1 atom stereocenters. The maximum absolute atomic E-state index is 11.7. The lowest BCUT2D eigenvalue weighted by atomic mass is 10.2. The van der Waals surface area contributed by atoms with Crippen LogP contribution >= 0.6 is 11.6 Å². The standard InChI is InChI=1S/C9H10ClN5O3/c1-15-5(16)3-4(6(15)17)11-8-12-7(10)13-9(14-8)18-2/h4H,3H2,1-2H3,(H,11,12,13,14). The van der Waals surface area contributed by atoms with Crippen LogP contribution in [0.2, 0.25) is 5.28 Å². The Kier molecular flexibility index (Phi) is 3.28. The maximum atomic E-state index is 11.7. The van der Waals surface area contributed by atoms with Gasteiger partial charge in [-0.15, -0.1) is 0 Å². The highest BCUT2D eigenvalue weighted by atomic mass is 35.5. The van der Waals surface area contributed by atoms with Gasteiger partial charge in [0.1, 0.15) is 6.04 Å². The first-order valence-corrected chi connectivity index (χ1v) is 5.41. The quantitative estimate of drug-likeness (QED) is 0.754. The molecule has 0 radical (unpaired) electrons. The van der Waals surface area contributed by atoms with Gasteiger partial charge in [-0.1, -0.05) is 0 Å². The minimum atomic E-state index is -0.689. The number of hydrogen-bond donors (Lipinski definition) is 1. The molecular formula is C9H10ClN5O3. The van der Waals surface area contributed by atoms with Crippen molar-refractivity contribution in [3.8, 4) is 6.01 Å². The number of carbonyl (C=O) groups is 2. The molecule has 1 aromatic rings. The van der Waals surface area contributed by atoms with Gasteiger partial charge < -0.3 is 10.1 Å². The lowest BCUT2D eigenvalue weighted by molar-refractivity contribution is -0.136. The molecule has 8 nitrogen and oxygen atoms in total. The Morgan fingerprint density at radius 2 is 2.11 bits per heavy atom. The fourth-order valence-electron chi connectivity index (χ4n) is 1.51. The van der Waals surface area contributed by atoms with E-state index in [1.807, 2.05) is 0 Å². The first-order chi connectivity index (χ1) is 8.51. The molecule has 1 unspecified atom stereocenters. The first-order valence-electron chi connectivity index (χ1n) is 5.03. The third-order valence-corrected chi connectivity index (χ3v) is 2.62. The van der Waals surface area contributed by atoms with Gasteiger partial charge in [0.05, 0.1) is 13.5 Å². The van der Waals surface area contributed by atoms with Gasteiger partial charge in [-0.05, 0) is 11.6 Å². The maximum Gasteiger partial charge on any atom is 0.322 e. The summed E-state index contributed by atoms with van der Waals surface area (Å²) in [7, 11) is 2.81. The minimum Gasteiger partial charge on any atom is -0.467 e. The normalized spacial score (nSPS) is 19.3. The van der Waals surface area contributed by atoms with Crippen LogP contribution in [0.1, 0.15) is 6.42 Å². The molecule has 0 aliphatic carbocycles. The van der Waals surface area contributed by atoms with Crippen LogP contribution in [0.4, 0.5) is 5.95 Å². The molecular weight excluding hydrogens is 262 g/mol. The van der Waals surface area contributed by atoms with Crippen molar-refractivity contribution >= 4 is 29.4 Å². The third-order valence-electron chi connectivity index (χ3n) is 2.46. The van der Waals surface area contributed by atoms with E-state index in [-0.39, 0.29) is 35.5 Å². The molecule has 1 aliphatic rings. The summed E-state index contributed by atoms with van der Waals surface area (Å²) in [6.45, 7) is 0. The number of amides is 2. The van der Waals surface area contributed by atoms with Gasteiger partial charge in [0, 0.05) is 7.05 Å². The lowest BCUT2D eigenvalue weighted by Gasteiger charge is -2.11. The molecule has 2 heterocycles. The first kappa shape index (κ1) is 12.5. The van der Waals surface area contributed by atoms with Crippen LogP contribution < -0.4 is 10.1 Å². The number of aromatic nitrogens is 3. The summed E-state index contributed by atoms with van der Waals surface area (Å²) < 4.78 is 4.82. The predicted molar refractivity (Wildman–Crippen MR) is 61.2 cm³/mol. The van der Waals surface area contributed by atoms with Gasteiger partial charge in [0.25, 0.3) is 5.91 Å². The fraction of sp³-hybridized carbons (Fsp3) is 0.444. The SMILES string of the molecule is COc1nc(Cl)nc(NC2CC(=O)N(C)C2=O)n1. The number of halogens is 1. The van der Waals surface area contributed by atoms with E-state index in [9.17, 15) is 9.59 Å². The highest BCUT2D eigenvalue weighted by molar-refractivity contribution is 6.28. The van der Waals surface area contributed by atoms with E-state index in [4.69, 9.17) is 16.3 Å². The number of carbonyl (C=O) groups excluding carboxylic acids is 2. The van der Waals surface area contributed by atoms with Crippen molar-refractivity contribution < 1.29 is 14.3 Å². The van der Waals surface area contributed by atoms with Crippen molar-refractivity contribution in [2.45, 2.75) is 12.5 Å². The van der Waals surface area contributed by atoms with Gasteiger partial charge in [-0.2, -0.15) is 15.0 Å². The average Bonchev–Trinajstić information content (AvgIpc) is 2.56. The summed E-state index contributed by atoms with van der Waals surface area (Å²) in [4.78, 5) is 35.4. The molecule has 0 bridgehead atoms. The lowest BCUT2D eigenvalue weighted by Crippen LogP contribution is -2.32. The molecule has 18 heavy (non-hydrogen) atoms. The molecule has 1 saturated heterocycles. The van der Waals surface area contributed by atoms with Gasteiger partial charge in [0.15, 0.2) is 0 Å². The Balaban J connectivity index is 2.17. The van der Waals surface area contributed by atoms with Crippen molar-refractivity contribution in [2.75, 3.05) is 19.5 Å². The van der Waals surface area contributed by atoms with Gasteiger partial charge >= 0.3 is 6.01 Å². The second kappa shape index (κ2) is 4.73. The molecule has 1 N–H and O–H groups in total. The van der Waals surface area contributed by atoms with E-state index in [1.54, 1.807) is 0 Å². The average molecular weight is 272 g/mol. The molecule has 96 valence electrons. The predicted octanol–water partition coefficient (Wildman–Crippen LogP) is -0.297. The van der Waals surface area contributed by atoms with E-state index in [0.717, 1.165) is 4.90 Å². The number of ether oxygens (including phenoxy) is 1. The Morgan fingerprint density at radius 1 is 1.39 bits per heavy atom. The Morgan fingerprint density at radius 3 is 2.67 bits per heavy atom. The molecule has 0 spiro atoms. The van der Waals surface area contributed by atoms with Crippen molar-refractivity contribution in [2.24, 2.45) is 0 Å². The van der Waals surface area contributed by atoms with E-state index < -0.39 is 6.04 Å². The van der Waals surface area contributed by atoms with Crippen LogP contribution in [0.15, 0.2) is 0 Å². The minimum absolute atomic E-state index is 0.0302.